The quantitative estimate of drug-likeness (QED) is 0.259. The van der Waals surface area contributed by atoms with Crippen molar-refractivity contribution in [1.82, 2.24) is 15.5 Å². The molecule has 4 atom stereocenters. The highest BCUT2D eigenvalue weighted by atomic mass is 32.2. The lowest BCUT2D eigenvalue weighted by atomic mass is 10.0. The zero-order chi connectivity index (χ0) is 22.8. The number of carboxylic acids is 1. The molecule has 1 fully saturated rings. The Kier molecular flexibility index (Phi) is 11.1. The van der Waals surface area contributed by atoms with Crippen molar-refractivity contribution in [2.45, 2.75) is 63.7 Å². The summed E-state index contributed by atoms with van der Waals surface area (Å²) in [6.07, 6.45) is 3.48. The number of aliphatic hydroxyl groups is 1. The second kappa shape index (κ2) is 12.8. The van der Waals surface area contributed by atoms with Crippen LogP contribution in [0.15, 0.2) is 0 Å². The van der Waals surface area contributed by atoms with Gasteiger partial charge in [-0.1, -0.05) is 13.8 Å². The van der Waals surface area contributed by atoms with E-state index in [9.17, 15) is 24.3 Å². The zero-order valence-electron chi connectivity index (χ0n) is 17.8. The van der Waals surface area contributed by atoms with Crippen molar-refractivity contribution >= 4 is 35.5 Å². The first-order valence-electron chi connectivity index (χ1n) is 10.1. The third kappa shape index (κ3) is 7.77. The van der Waals surface area contributed by atoms with Gasteiger partial charge in [0.2, 0.25) is 17.7 Å². The Bertz CT molecular complexity index is 618. The van der Waals surface area contributed by atoms with Crippen LogP contribution in [0.5, 0.6) is 0 Å². The van der Waals surface area contributed by atoms with Gasteiger partial charge in [0, 0.05) is 6.54 Å². The van der Waals surface area contributed by atoms with Crippen LogP contribution in [-0.2, 0) is 19.2 Å². The van der Waals surface area contributed by atoms with E-state index in [0.717, 1.165) is 0 Å². The van der Waals surface area contributed by atoms with E-state index in [0.29, 0.717) is 31.6 Å². The minimum atomic E-state index is -1.13. The predicted molar refractivity (Wildman–Crippen MR) is 114 cm³/mol. The molecule has 0 radical (unpaired) electrons. The number of hydrogen-bond donors (Lipinski definition) is 5. The maximum atomic E-state index is 12.9. The monoisotopic (exact) mass is 446 g/mol. The molecule has 1 rings (SSSR count). The number of amides is 3. The summed E-state index contributed by atoms with van der Waals surface area (Å²) in [5, 5.41) is 23.7. The molecule has 172 valence electrons. The third-order valence-electron chi connectivity index (χ3n) is 4.92. The van der Waals surface area contributed by atoms with Crippen LogP contribution in [0.4, 0.5) is 0 Å². The van der Waals surface area contributed by atoms with E-state index in [2.05, 4.69) is 10.6 Å². The van der Waals surface area contributed by atoms with Crippen molar-refractivity contribution in [2.24, 2.45) is 11.7 Å². The number of carbonyl (C=O) groups excluding carboxylic acids is 3. The van der Waals surface area contributed by atoms with Crippen LogP contribution in [0.3, 0.4) is 0 Å². The van der Waals surface area contributed by atoms with Crippen molar-refractivity contribution in [3.05, 3.63) is 0 Å². The van der Waals surface area contributed by atoms with E-state index in [-0.39, 0.29) is 12.3 Å². The van der Waals surface area contributed by atoms with Crippen molar-refractivity contribution in [3.8, 4) is 0 Å². The fourth-order valence-corrected chi connectivity index (χ4v) is 3.80. The molecule has 0 spiro atoms. The SMILES string of the molecule is CSCCC(NC(=O)C(CC(C)C)NC(=O)C1CCCN1C(=O)C(N)CO)C(=O)O. The molecular weight excluding hydrogens is 412 g/mol. The Hall–Kier alpha value is -1.85. The highest BCUT2D eigenvalue weighted by Crippen LogP contribution is 2.19. The summed E-state index contributed by atoms with van der Waals surface area (Å²) in [6.45, 7) is 3.61. The fraction of sp³-hybridized carbons (Fsp3) is 0.789. The predicted octanol–water partition coefficient (Wildman–Crippen LogP) is -0.850. The lowest BCUT2D eigenvalue weighted by Gasteiger charge is -2.28. The number of thioether (sulfide) groups is 1. The summed E-state index contributed by atoms with van der Waals surface area (Å²) in [5.74, 6) is -2.04. The van der Waals surface area contributed by atoms with Gasteiger partial charge in [-0.15, -0.1) is 0 Å². The van der Waals surface area contributed by atoms with Gasteiger partial charge in [0.25, 0.3) is 0 Å². The Morgan fingerprint density at radius 1 is 1.20 bits per heavy atom. The minimum Gasteiger partial charge on any atom is -0.480 e. The average Bonchev–Trinajstić information content (AvgIpc) is 3.18. The van der Waals surface area contributed by atoms with Crippen LogP contribution in [0.25, 0.3) is 0 Å². The molecular formula is C19H34N4O6S. The van der Waals surface area contributed by atoms with Crippen LogP contribution in [0, 0.1) is 5.92 Å². The number of likely N-dealkylation sites (tertiary alicyclic amines) is 1. The maximum Gasteiger partial charge on any atom is 0.326 e. The molecule has 6 N–H and O–H groups in total. The number of aliphatic hydroxyl groups excluding tert-OH is 1. The Labute approximate surface area is 181 Å². The smallest absolute Gasteiger partial charge is 0.326 e. The number of nitrogens with zero attached hydrogens (tertiary/aromatic N) is 1. The van der Waals surface area contributed by atoms with Gasteiger partial charge in [0.05, 0.1) is 6.61 Å². The Morgan fingerprint density at radius 2 is 1.87 bits per heavy atom. The first-order chi connectivity index (χ1) is 14.1. The van der Waals surface area contributed by atoms with Crippen molar-refractivity contribution in [2.75, 3.05) is 25.2 Å². The molecule has 1 aliphatic rings. The van der Waals surface area contributed by atoms with Crippen LogP contribution < -0.4 is 16.4 Å². The van der Waals surface area contributed by atoms with Crippen molar-refractivity contribution in [3.63, 3.8) is 0 Å². The summed E-state index contributed by atoms with van der Waals surface area (Å²) < 4.78 is 0. The van der Waals surface area contributed by atoms with Gasteiger partial charge < -0.3 is 31.5 Å². The summed E-state index contributed by atoms with van der Waals surface area (Å²) >= 11 is 1.48. The fourth-order valence-electron chi connectivity index (χ4n) is 3.33. The van der Waals surface area contributed by atoms with Crippen molar-refractivity contribution < 1.29 is 29.4 Å². The van der Waals surface area contributed by atoms with Gasteiger partial charge in [0.1, 0.15) is 24.2 Å². The molecule has 1 saturated heterocycles. The highest BCUT2D eigenvalue weighted by molar-refractivity contribution is 7.98. The molecule has 0 aromatic carbocycles. The lowest BCUT2D eigenvalue weighted by molar-refractivity contribution is -0.143. The van der Waals surface area contributed by atoms with Gasteiger partial charge >= 0.3 is 5.97 Å². The minimum absolute atomic E-state index is 0.0691. The van der Waals surface area contributed by atoms with E-state index in [1.54, 1.807) is 0 Å². The largest absolute Gasteiger partial charge is 0.480 e. The molecule has 3 amide bonds. The number of nitrogens with two attached hydrogens (primary N) is 1. The van der Waals surface area contributed by atoms with Gasteiger partial charge in [-0.25, -0.2) is 4.79 Å². The Morgan fingerprint density at radius 3 is 2.40 bits per heavy atom. The van der Waals surface area contributed by atoms with Crippen LogP contribution >= 0.6 is 11.8 Å². The summed E-state index contributed by atoms with van der Waals surface area (Å²) in [7, 11) is 0. The standard InChI is InChI=1S/C19H34N4O6S/c1-11(2)9-14(16(25)21-13(19(28)29)6-8-30-3)22-17(26)15-5-4-7-23(15)18(27)12(20)10-24/h11-15,24H,4-10,20H2,1-3H3,(H,21,25)(H,22,26)(H,28,29). The van der Waals surface area contributed by atoms with E-state index < -0.39 is 54.5 Å². The van der Waals surface area contributed by atoms with E-state index >= 15 is 0 Å². The number of hydrogen-bond acceptors (Lipinski definition) is 7. The van der Waals surface area contributed by atoms with Gasteiger partial charge in [-0.3, -0.25) is 14.4 Å². The average molecular weight is 447 g/mol. The Balaban J connectivity index is 2.87. The molecule has 0 aromatic heterocycles. The molecule has 11 heteroatoms. The molecule has 10 nitrogen and oxygen atoms in total. The number of rotatable bonds is 12. The molecule has 1 heterocycles. The number of carboxylic acid groups (broad SMARTS) is 1. The summed E-state index contributed by atoms with van der Waals surface area (Å²) in [6, 6.07) is -3.83. The molecule has 0 bridgehead atoms. The molecule has 0 aromatic rings. The van der Waals surface area contributed by atoms with Crippen LogP contribution in [-0.4, -0.2) is 88.1 Å². The summed E-state index contributed by atoms with van der Waals surface area (Å²) in [5.41, 5.74) is 5.60. The second-order valence-corrected chi connectivity index (χ2v) is 8.84. The third-order valence-corrected chi connectivity index (χ3v) is 5.56. The second-order valence-electron chi connectivity index (χ2n) is 7.85. The number of carbonyl (C=O) groups is 4. The van der Waals surface area contributed by atoms with Crippen LogP contribution in [0.1, 0.15) is 39.5 Å². The van der Waals surface area contributed by atoms with E-state index in [1.807, 2.05) is 20.1 Å². The molecule has 4 unspecified atom stereocenters. The zero-order valence-corrected chi connectivity index (χ0v) is 18.6. The molecule has 0 saturated carbocycles. The molecule has 30 heavy (non-hydrogen) atoms. The van der Waals surface area contributed by atoms with Crippen LogP contribution in [0.2, 0.25) is 0 Å². The maximum absolute atomic E-state index is 12.9. The molecule has 1 aliphatic heterocycles. The van der Waals surface area contributed by atoms with Gasteiger partial charge in [-0.2, -0.15) is 11.8 Å². The van der Waals surface area contributed by atoms with Crippen molar-refractivity contribution in [1.29, 1.82) is 0 Å². The molecule has 0 aliphatic carbocycles. The van der Waals surface area contributed by atoms with Gasteiger partial charge in [0.15, 0.2) is 0 Å². The topological polar surface area (TPSA) is 162 Å². The summed E-state index contributed by atoms with van der Waals surface area (Å²) in [4.78, 5) is 50.7. The number of nitrogens with one attached hydrogen (secondary N) is 2. The lowest BCUT2D eigenvalue weighted by Crippen LogP contribution is -2.57. The van der Waals surface area contributed by atoms with Gasteiger partial charge in [-0.05, 0) is 43.6 Å². The van der Waals surface area contributed by atoms with E-state index in [4.69, 9.17) is 10.8 Å². The first-order valence-corrected chi connectivity index (χ1v) is 11.5. The number of aliphatic carboxylic acids is 1. The first kappa shape index (κ1) is 26.2. The normalized spacial score (nSPS) is 19.3. The highest BCUT2D eigenvalue weighted by Gasteiger charge is 2.37. The van der Waals surface area contributed by atoms with E-state index in [1.165, 1.54) is 16.7 Å².